The van der Waals surface area contributed by atoms with Gasteiger partial charge in [0.15, 0.2) is 0 Å². The summed E-state index contributed by atoms with van der Waals surface area (Å²) in [6.07, 6.45) is 5.88. The van der Waals surface area contributed by atoms with Gasteiger partial charge in [0, 0.05) is 12.6 Å². The predicted octanol–water partition coefficient (Wildman–Crippen LogP) is 3.34. The molecule has 0 aromatic heterocycles. The Kier molecular flexibility index (Phi) is 8.04. The minimum atomic E-state index is -0.575. The van der Waals surface area contributed by atoms with Gasteiger partial charge in [0.1, 0.15) is 0 Å². The van der Waals surface area contributed by atoms with E-state index in [0.717, 1.165) is 6.42 Å². The molecule has 2 heteroatoms. The molecule has 2 N–H and O–H groups in total. The number of aliphatic hydroxyl groups is 1. The Bertz CT molecular complexity index is 162. The summed E-state index contributed by atoms with van der Waals surface area (Å²) in [5.41, 5.74) is -0.575. The second-order valence-corrected chi connectivity index (χ2v) is 5.32. The third-order valence-corrected chi connectivity index (χ3v) is 3.70. The zero-order valence-electron chi connectivity index (χ0n) is 11.8. The fourth-order valence-corrected chi connectivity index (χ4v) is 2.01. The first-order valence-corrected chi connectivity index (χ1v) is 6.93. The van der Waals surface area contributed by atoms with Gasteiger partial charge in [0.2, 0.25) is 0 Å². The summed E-state index contributed by atoms with van der Waals surface area (Å²) in [7, 11) is 0. The quantitative estimate of drug-likeness (QED) is 0.635. The molecule has 0 bridgehead atoms. The normalized spacial score (nSPS) is 17.4. The predicted molar refractivity (Wildman–Crippen MR) is 71.7 cm³/mol. The zero-order chi connectivity index (χ0) is 12.6. The Balaban J connectivity index is 4.06. The Hall–Kier alpha value is -0.0800. The monoisotopic (exact) mass is 229 g/mol. The first-order chi connectivity index (χ1) is 7.47. The molecule has 0 aromatic rings. The lowest BCUT2D eigenvalue weighted by molar-refractivity contribution is 0.00281. The maximum atomic E-state index is 10.3. The summed E-state index contributed by atoms with van der Waals surface area (Å²) in [4.78, 5) is 0. The topological polar surface area (TPSA) is 32.3 Å². The fraction of sp³-hybridized carbons (Fsp3) is 1.00. The van der Waals surface area contributed by atoms with Crippen LogP contribution in [0.3, 0.4) is 0 Å². The molecule has 0 saturated heterocycles. The highest BCUT2D eigenvalue weighted by molar-refractivity contribution is 4.82. The minimum Gasteiger partial charge on any atom is -0.389 e. The maximum absolute atomic E-state index is 10.3. The molecule has 0 fully saturated rings. The van der Waals surface area contributed by atoms with Crippen molar-refractivity contribution in [3.05, 3.63) is 0 Å². The summed E-state index contributed by atoms with van der Waals surface area (Å²) in [5, 5.41) is 13.8. The highest BCUT2D eigenvalue weighted by Crippen LogP contribution is 2.19. The Labute approximate surface area is 102 Å². The summed E-state index contributed by atoms with van der Waals surface area (Å²) >= 11 is 0. The Morgan fingerprint density at radius 2 is 1.62 bits per heavy atom. The van der Waals surface area contributed by atoms with E-state index in [1.807, 2.05) is 6.92 Å². The first-order valence-electron chi connectivity index (χ1n) is 6.93. The molecule has 98 valence electrons. The van der Waals surface area contributed by atoms with Gasteiger partial charge in [-0.1, -0.05) is 47.0 Å². The van der Waals surface area contributed by atoms with Gasteiger partial charge in [-0.05, 0) is 25.7 Å². The van der Waals surface area contributed by atoms with Crippen LogP contribution in [-0.4, -0.2) is 23.3 Å². The van der Waals surface area contributed by atoms with Crippen LogP contribution in [0.1, 0.15) is 66.7 Å². The van der Waals surface area contributed by atoms with Crippen LogP contribution in [0.4, 0.5) is 0 Å². The summed E-state index contributed by atoms with van der Waals surface area (Å²) in [5.74, 6) is 0.351. The maximum Gasteiger partial charge on any atom is 0.0768 e. The average molecular weight is 229 g/mol. The molecule has 2 unspecified atom stereocenters. The third-order valence-electron chi connectivity index (χ3n) is 3.70. The molecule has 0 amide bonds. The second kappa shape index (κ2) is 8.08. The SMILES string of the molecule is CCCC(CCC)NCC(C)(O)C(C)CC. The first kappa shape index (κ1) is 15.9. The van der Waals surface area contributed by atoms with Crippen LogP contribution in [0.15, 0.2) is 0 Å². The van der Waals surface area contributed by atoms with E-state index in [-0.39, 0.29) is 0 Å². The van der Waals surface area contributed by atoms with E-state index in [4.69, 9.17) is 0 Å². The van der Waals surface area contributed by atoms with Gasteiger partial charge < -0.3 is 10.4 Å². The molecular weight excluding hydrogens is 198 g/mol. The van der Waals surface area contributed by atoms with Crippen molar-refractivity contribution in [2.75, 3.05) is 6.54 Å². The zero-order valence-corrected chi connectivity index (χ0v) is 11.8. The van der Waals surface area contributed by atoms with Crippen LogP contribution >= 0.6 is 0 Å². The van der Waals surface area contributed by atoms with Crippen molar-refractivity contribution in [3.8, 4) is 0 Å². The molecular formula is C14H31NO. The summed E-state index contributed by atoms with van der Waals surface area (Å²) < 4.78 is 0. The highest BCUT2D eigenvalue weighted by atomic mass is 16.3. The van der Waals surface area contributed by atoms with Crippen molar-refractivity contribution in [2.24, 2.45) is 5.92 Å². The largest absolute Gasteiger partial charge is 0.389 e. The van der Waals surface area contributed by atoms with E-state index in [2.05, 4.69) is 33.0 Å². The molecule has 0 aliphatic heterocycles. The molecule has 2 nitrogen and oxygen atoms in total. The lowest BCUT2D eigenvalue weighted by atomic mass is 9.88. The van der Waals surface area contributed by atoms with E-state index >= 15 is 0 Å². The standard InChI is InChI=1S/C14H31NO/c1-6-9-13(10-7-2)15-11-14(5,16)12(4)8-3/h12-13,15-16H,6-11H2,1-5H3. The van der Waals surface area contributed by atoms with E-state index in [1.165, 1.54) is 25.7 Å². The van der Waals surface area contributed by atoms with E-state index < -0.39 is 5.60 Å². The third kappa shape index (κ3) is 5.86. The van der Waals surface area contributed by atoms with Crippen molar-refractivity contribution in [1.82, 2.24) is 5.32 Å². The van der Waals surface area contributed by atoms with Crippen molar-refractivity contribution < 1.29 is 5.11 Å². The molecule has 0 radical (unpaired) electrons. The van der Waals surface area contributed by atoms with Crippen LogP contribution in [0.25, 0.3) is 0 Å². The van der Waals surface area contributed by atoms with Gasteiger partial charge in [0.05, 0.1) is 5.60 Å². The van der Waals surface area contributed by atoms with E-state index in [1.54, 1.807) is 0 Å². The number of hydrogen-bond donors (Lipinski definition) is 2. The van der Waals surface area contributed by atoms with Gasteiger partial charge in [0.25, 0.3) is 0 Å². The van der Waals surface area contributed by atoms with Crippen LogP contribution in [-0.2, 0) is 0 Å². The van der Waals surface area contributed by atoms with Crippen LogP contribution in [0, 0.1) is 5.92 Å². The highest BCUT2D eigenvalue weighted by Gasteiger charge is 2.27. The van der Waals surface area contributed by atoms with Crippen LogP contribution < -0.4 is 5.32 Å². The van der Waals surface area contributed by atoms with Crippen molar-refractivity contribution in [1.29, 1.82) is 0 Å². The lowest BCUT2D eigenvalue weighted by Crippen LogP contribution is -2.46. The van der Waals surface area contributed by atoms with Crippen molar-refractivity contribution >= 4 is 0 Å². The molecule has 0 rings (SSSR count). The average Bonchev–Trinajstić information content (AvgIpc) is 2.25. The number of nitrogens with one attached hydrogen (secondary N) is 1. The smallest absolute Gasteiger partial charge is 0.0768 e. The number of hydrogen-bond acceptors (Lipinski definition) is 2. The molecule has 0 heterocycles. The van der Waals surface area contributed by atoms with Gasteiger partial charge in [-0.25, -0.2) is 0 Å². The molecule has 0 aliphatic rings. The molecule has 0 spiro atoms. The van der Waals surface area contributed by atoms with Crippen LogP contribution in [0.5, 0.6) is 0 Å². The van der Waals surface area contributed by atoms with E-state index in [9.17, 15) is 5.11 Å². The van der Waals surface area contributed by atoms with Gasteiger partial charge in [-0.15, -0.1) is 0 Å². The molecule has 16 heavy (non-hydrogen) atoms. The van der Waals surface area contributed by atoms with Gasteiger partial charge in [-0.2, -0.15) is 0 Å². The molecule has 0 aliphatic carbocycles. The Morgan fingerprint density at radius 3 is 2.00 bits per heavy atom. The molecule has 2 atom stereocenters. The number of rotatable bonds is 9. The molecule has 0 saturated carbocycles. The molecule has 0 aromatic carbocycles. The van der Waals surface area contributed by atoms with Gasteiger partial charge in [-0.3, -0.25) is 0 Å². The summed E-state index contributed by atoms with van der Waals surface area (Å²) in [6, 6.07) is 0.575. The Morgan fingerprint density at radius 1 is 1.12 bits per heavy atom. The van der Waals surface area contributed by atoms with Gasteiger partial charge >= 0.3 is 0 Å². The van der Waals surface area contributed by atoms with E-state index in [0.29, 0.717) is 18.5 Å². The van der Waals surface area contributed by atoms with Crippen LogP contribution in [0.2, 0.25) is 0 Å². The fourth-order valence-electron chi connectivity index (χ4n) is 2.01. The van der Waals surface area contributed by atoms with Crippen molar-refractivity contribution in [2.45, 2.75) is 78.4 Å². The minimum absolute atomic E-state index is 0.351. The lowest BCUT2D eigenvalue weighted by Gasteiger charge is -2.32. The van der Waals surface area contributed by atoms with Crippen molar-refractivity contribution in [3.63, 3.8) is 0 Å². The second-order valence-electron chi connectivity index (χ2n) is 5.32. The summed E-state index contributed by atoms with van der Waals surface area (Å²) in [6.45, 7) is 11.4.